The van der Waals surface area contributed by atoms with E-state index in [4.69, 9.17) is 4.42 Å². The summed E-state index contributed by atoms with van der Waals surface area (Å²) >= 11 is 1.29. The second-order valence-electron chi connectivity index (χ2n) is 8.00. The van der Waals surface area contributed by atoms with Crippen molar-refractivity contribution in [1.29, 1.82) is 0 Å². The average Bonchev–Trinajstić information content (AvgIpc) is 3.46. The van der Waals surface area contributed by atoms with Crippen LogP contribution in [0.3, 0.4) is 0 Å². The van der Waals surface area contributed by atoms with Crippen LogP contribution in [0.4, 0.5) is 5.69 Å². The third-order valence-corrected chi connectivity index (χ3v) is 6.90. The van der Waals surface area contributed by atoms with E-state index in [-0.39, 0.29) is 5.91 Å². The Morgan fingerprint density at radius 2 is 1.88 bits per heavy atom. The van der Waals surface area contributed by atoms with Gasteiger partial charge in [-0.05, 0) is 37.1 Å². The van der Waals surface area contributed by atoms with Gasteiger partial charge in [-0.1, -0.05) is 42.1 Å². The van der Waals surface area contributed by atoms with Gasteiger partial charge in [0.05, 0.1) is 11.3 Å². The molecule has 1 fully saturated rings. The molecular weight excluding hydrogens is 422 g/mol. The summed E-state index contributed by atoms with van der Waals surface area (Å²) in [5.74, 6) is 0.848. The number of nitrogens with zero attached hydrogens (tertiary/aromatic N) is 4. The van der Waals surface area contributed by atoms with Crippen molar-refractivity contribution in [2.24, 2.45) is 0 Å². The SMILES string of the molecule is Cc1cccc(N2CCN(C(=O)CSc3nnc(-c4c[nH]c5ccccc45)o3)CC2)c1C. The van der Waals surface area contributed by atoms with Gasteiger partial charge in [0.25, 0.3) is 11.1 Å². The second kappa shape index (κ2) is 8.70. The van der Waals surface area contributed by atoms with Gasteiger partial charge < -0.3 is 19.2 Å². The van der Waals surface area contributed by atoms with Crippen LogP contribution in [0, 0.1) is 13.8 Å². The number of benzene rings is 2. The van der Waals surface area contributed by atoms with E-state index in [9.17, 15) is 4.79 Å². The Morgan fingerprint density at radius 3 is 2.72 bits per heavy atom. The fraction of sp³-hybridized carbons (Fsp3) is 0.292. The van der Waals surface area contributed by atoms with Crippen molar-refractivity contribution in [2.45, 2.75) is 19.1 Å². The Hall–Kier alpha value is -3.26. The molecule has 0 unspecified atom stereocenters. The van der Waals surface area contributed by atoms with Crippen molar-refractivity contribution in [2.75, 3.05) is 36.8 Å². The van der Waals surface area contributed by atoms with Crippen LogP contribution in [-0.4, -0.2) is 57.9 Å². The molecule has 5 rings (SSSR count). The highest BCUT2D eigenvalue weighted by Crippen LogP contribution is 2.30. The summed E-state index contributed by atoms with van der Waals surface area (Å²) in [5.41, 5.74) is 5.76. The van der Waals surface area contributed by atoms with Crippen LogP contribution in [0.15, 0.2) is 58.3 Å². The summed E-state index contributed by atoms with van der Waals surface area (Å²) in [6.07, 6.45) is 1.87. The lowest BCUT2D eigenvalue weighted by Gasteiger charge is -2.37. The van der Waals surface area contributed by atoms with Crippen molar-refractivity contribution >= 4 is 34.3 Å². The lowest BCUT2D eigenvalue weighted by molar-refractivity contribution is -0.128. The molecule has 1 aliphatic heterocycles. The zero-order valence-corrected chi connectivity index (χ0v) is 19.0. The summed E-state index contributed by atoms with van der Waals surface area (Å²) in [6, 6.07) is 14.4. The summed E-state index contributed by atoms with van der Waals surface area (Å²) in [5, 5.41) is 9.73. The monoisotopic (exact) mass is 447 g/mol. The van der Waals surface area contributed by atoms with E-state index in [1.807, 2.05) is 35.4 Å². The van der Waals surface area contributed by atoms with Crippen molar-refractivity contribution in [3.05, 3.63) is 59.8 Å². The van der Waals surface area contributed by atoms with E-state index in [2.05, 4.69) is 52.1 Å². The Morgan fingerprint density at radius 1 is 1.06 bits per heavy atom. The maximum atomic E-state index is 12.7. The number of carbonyl (C=O) groups is 1. The van der Waals surface area contributed by atoms with Crippen LogP contribution in [0.2, 0.25) is 0 Å². The Kier molecular flexibility index (Phi) is 5.61. The number of thioether (sulfide) groups is 1. The highest BCUT2D eigenvalue weighted by Gasteiger charge is 2.23. The Bertz CT molecular complexity index is 1260. The van der Waals surface area contributed by atoms with Crippen LogP contribution < -0.4 is 4.90 Å². The number of aromatic amines is 1. The molecule has 7 nitrogen and oxygen atoms in total. The van der Waals surface area contributed by atoms with Gasteiger partial charge in [-0.3, -0.25) is 4.79 Å². The molecule has 1 N–H and O–H groups in total. The minimum Gasteiger partial charge on any atom is -0.411 e. The number of piperazine rings is 1. The minimum atomic E-state index is 0.0995. The van der Waals surface area contributed by atoms with Crippen LogP contribution in [0.25, 0.3) is 22.4 Å². The quantitative estimate of drug-likeness (QED) is 0.460. The predicted molar refractivity (Wildman–Crippen MR) is 127 cm³/mol. The van der Waals surface area contributed by atoms with Gasteiger partial charge >= 0.3 is 0 Å². The summed E-state index contributed by atoms with van der Waals surface area (Å²) in [7, 11) is 0. The maximum absolute atomic E-state index is 12.7. The number of amides is 1. The molecule has 1 amide bonds. The van der Waals surface area contributed by atoms with E-state index in [1.54, 1.807) is 0 Å². The smallest absolute Gasteiger partial charge is 0.277 e. The van der Waals surface area contributed by atoms with Gasteiger partial charge in [-0.25, -0.2) is 0 Å². The Balaban J connectivity index is 1.17. The van der Waals surface area contributed by atoms with Crippen molar-refractivity contribution in [3.8, 4) is 11.5 Å². The molecule has 1 saturated heterocycles. The van der Waals surface area contributed by atoms with Crippen molar-refractivity contribution < 1.29 is 9.21 Å². The largest absolute Gasteiger partial charge is 0.411 e. The topological polar surface area (TPSA) is 78.3 Å². The number of hydrogen-bond donors (Lipinski definition) is 1. The number of hydrogen-bond acceptors (Lipinski definition) is 6. The van der Waals surface area contributed by atoms with Gasteiger partial charge in [0.1, 0.15) is 0 Å². The molecule has 0 aliphatic carbocycles. The first kappa shape index (κ1) is 20.6. The molecule has 1 aliphatic rings. The van der Waals surface area contributed by atoms with Gasteiger partial charge in [0, 0.05) is 49.0 Å². The normalized spacial score (nSPS) is 14.3. The number of anilines is 1. The number of aryl methyl sites for hydroxylation is 1. The number of rotatable bonds is 5. The lowest BCUT2D eigenvalue weighted by atomic mass is 10.1. The zero-order valence-electron chi connectivity index (χ0n) is 18.2. The highest BCUT2D eigenvalue weighted by molar-refractivity contribution is 7.99. The van der Waals surface area contributed by atoms with E-state index in [1.165, 1.54) is 28.6 Å². The van der Waals surface area contributed by atoms with Crippen molar-refractivity contribution in [1.82, 2.24) is 20.1 Å². The molecular formula is C24H25N5O2S. The van der Waals surface area contributed by atoms with Crippen molar-refractivity contribution in [3.63, 3.8) is 0 Å². The third-order valence-electron chi connectivity index (χ3n) is 6.09. The molecule has 8 heteroatoms. The van der Waals surface area contributed by atoms with Gasteiger partial charge in [-0.2, -0.15) is 0 Å². The molecule has 3 heterocycles. The number of nitrogens with one attached hydrogen (secondary N) is 1. The fourth-order valence-corrected chi connectivity index (χ4v) is 4.78. The first-order valence-electron chi connectivity index (χ1n) is 10.7. The molecule has 0 atom stereocenters. The first-order valence-corrected chi connectivity index (χ1v) is 11.7. The maximum Gasteiger partial charge on any atom is 0.277 e. The second-order valence-corrected chi connectivity index (χ2v) is 8.92. The third kappa shape index (κ3) is 3.98. The van der Waals surface area contributed by atoms with E-state index in [0.29, 0.717) is 16.9 Å². The lowest BCUT2D eigenvalue weighted by Crippen LogP contribution is -2.49. The molecule has 0 bridgehead atoms. The molecule has 0 radical (unpaired) electrons. The van der Waals surface area contributed by atoms with Gasteiger partial charge in [0.15, 0.2) is 0 Å². The van der Waals surface area contributed by atoms with E-state index >= 15 is 0 Å². The van der Waals surface area contributed by atoms with E-state index in [0.717, 1.165) is 42.6 Å². The fourth-order valence-electron chi connectivity index (χ4n) is 4.12. The number of para-hydroxylation sites is 1. The van der Waals surface area contributed by atoms with Crippen LogP contribution in [0.1, 0.15) is 11.1 Å². The number of carbonyl (C=O) groups excluding carboxylic acids is 1. The van der Waals surface area contributed by atoms with Crippen LogP contribution in [-0.2, 0) is 4.79 Å². The number of aromatic nitrogens is 3. The number of fused-ring (bicyclic) bond motifs is 1. The average molecular weight is 448 g/mol. The van der Waals surface area contributed by atoms with Crippen LogP contribution >= 0.6 is 11.8 Å². The van der Waals surface area contributed by atoms with Crippen LogP contribution in [0.5, 0.6) is 0 Å². The molecule has 2 aromatic heterocycles. The number of H-pyrrole nitrogens is 1. The molecule has 0 saturated carbocycles. The van der Waals surface area contributed by atoms with Gasteiger partial charge in [0.2, 0.25) is 5.91 Å². The van der Waals surface area contributed by atoms with E-state index < -0.39 is 0 Å². The minimum absolute atomic E-state index is 0.0995. The molecule has 164 valence electrons. The highest BCUT2D eigenvalue weighted by atomic mass is 32.2. The first-order chi connectivity index (χ1) is 15.6. The standard InChI is InChI=1S/C24H25N5O2S/c1-16-6-5-9-21(17(16)2)28-10-12-29(13-11-28)22(30)15-32-24-27-26-23(31-24)19-14-25-20-8-4-3-7-18(19)20/h3-9,14,25H,10-13,15H2,1-2H3. The van der Waals surface area contributed by atoms with Gasteiger partial charge in [-0.15, -0.1) is 10.2 Å². The molecule has 32 heavy (non-hydrogen) atoms. The molecule has 4 aromatic rings. The summed E-state index contributed by atoms with van der Waals surface area (Å²) in [4.78, 5) is 20.2. The molecule has 2 aromatic carbocycles. The molecule has 0 spiro atoms. The predicted octanol–water partition coefficient (Wildman–Crippen LogP) is 4.28. The summed E-state index contributed by atoms with van der Waals surface area (Å²) < 4.78 is 5.81. The Labute approximate surface area is 190 Å². The zero-order chi connectivity index (χ0) is 22.1. The summed E-state index contributed by atoms with van der Waals surface area (Å²) in [6.45, 7) is 7.41.